The Morgan fingerprint density at radius 3 is 2.73 bits per heavy atom. The predicted octanol–water partition coefficient (Wildman–Crippen LogP) is 2.04. The van der Waals surface area contributed by atoms with Crippen LogP contribution in [-0.4, -0.2) is 18.4 Å². The maximum atomic E-state index is 11.7. The summed E-state index contributed by atoms with van der Waals surface area (Å²) >= 11 is 6.01. The molecule has 0 spiro atoms. The lowest BCUT2D eigenvalue weighted by molar-refractivity contribution is -0.152. The number of fused-ring (bicyclic) bond motifs is 1. The second-order valence-corrected chi connectivity index (χ2v) is 4.36. The fourth-order valence-corrected chi connectivity index (χ4v) is 2.96. The summed E-state index contributed by atoms with van der Waals surface area (Å²) in [6, 6.07) is 0. The van der Waals surface area contributed by atoms with E-state index in [0.717, 1.165) is 19.3 Å². The van der Waals surface area contributed by atoms with Gasteiger partial charge < -0.3 is 4.74 Å². The van der Waals surface area contributed by atoms with Crippen LogP contribution in [0.2, 0.25) is 0 Å². The molecule has 0 amide bonds. The first-order chi connectivity index (χ1) is 7.16. The molecule has 2 aliphatic carbocycles. The molecular formula is C11H13ClO3. The molecule has 3 nitrogen and oxygen atoms in total. The number of hydrogen-bond acceptors (Lipinski definition) is 3. The molecule has 2 rings (SSSR count). The molecule has 1 saturated carbocycles. The molecule has 2 atom stereocenters. The van der Waals surface area contributed by atoms with E-state index in [0.29, 0.717) is 16.5 Å². The molecule has 1 fully saturated rings. The van der Waals surface area contributed by atoms with Gasteiger partial charge in [-0.3, -0.25) is 4.79 Å². The molecule has 0 heterocycles. The van der Waals surface area contributed by atoms with E-state index in [9.17, 15) is 9.59 Å². The van der Waals surface area contributed by atoms with E-state index in [2.05, 4.69) is 4.74 Å². The van der Waals surface area contributed by atoms with Gasteiger partial charge in [0.25, 0.3) is 5.78 Å². The van der Waals surface area contributed by atoms with Crippen LogP contribution in [0.15, 0.2) is 10.6 Å². The first-order valence-corrected chi connectivity index (χ1v) is 5.65. The molecular weight excluding hydrogens is 216 g/mol. The first-order valence-electron chi connectivity index (χ1n) is 5.27. The van der Waals surface area contributed by atoms with Crippen molar-refractivity contribution in [1.29, 1.82) is 0 Å². The number of rotatable bonds is 3. The molecule has 0 unspecified atom stereocenters. The quantitative estimate of drug-likeness (QED) is 0.549. The van der Waals surface area contributed by atoms with Gasteiger partial charge in [0.2, 0.25) is 0 Å². The van der Waals surface area contributed by atoms with Crippen LogP contribution in [0.5, 0.6) is 0 Å². The van der Waals surface area contributed by atoms with Gasteiger partial charge in [0.1, 0.15) is 0 Å². The van der Waals surface area contributed by atoms with E-state index in [1.54, 1.807) is 6.92 Å². The van der Waals surface area contributed by atoms with Crippen LogP contribution >= 0.6 is 11.6 Å². The molecule has 82 valence electrons. The second kappa shape index (κ2) is 3.97. The molecule has 0 aromatic carbocycles. The summed E-state index contributed by atoms with van der Waals surface area (Å²) in [5.74, 6) is -0.754. The van der Waals surface area contributed by atoms with Gasteiger partial charge in [-0.15, -0.1) is 0 Å². The first kappa shape index (κ1) is 10.7. The highest BCUT2D eigenvalue weighted by molar-refractivity contribution is 6.45. The Morgan fingerprint density at radius 1 is 1.40 bits per heavy atom. The van der Waals surface area contributed by atoms with Crippen LogP contribution in [0.25, 0.3) is 0 Å². The lowest BCUT2D eigenvalue weighted by Crippen LogP contribution is -2.33. The molecule has 15 heavy (non-hydrogen) atoms. The van der Waals surface area contributed by atoms with Crippen LogP contribution in [-0.2, 0) is 14.3 Å². The summed E-state index contributed by atoms with van der Waals surface area (Å²) < 4.78 is 4.68. The Balaban J connectivity index is 2.12. The molecule has 0 N–H and O–H groups in total. The van der Waals surface area contributed by atoms with E-state index >= 15 is 0 Å². The molecule has 2 aliphatic rings. The number of Topliss-reactive ketones (excluding diaryl/α,β-unsaturated/α-hetero) is 1. The SMILES string of the molecule is CCOC(=O)C(=O)C1=C(Cl)[C@H]2CCC[C@@H]12. The van der Waals surface area contributed by atoms with E-state index < -0.39 is 11.8 Å². The molecule has 4 heteroatoms. The van der Waals surface area contributed by atoms with E-state index in [-0.39, 0.29) is 12.5 Å². The van der Waals surface area contributed by atoms with Crippen molar-refractivity contribution < 1.29 is 14.3 Å². The van der Waals surface area contributed by atoms with Gasteiger partial charge in [0.15, 0.2) is 0 Å². The third-order valence-corrected chi connectivity index (χ3v) is 3.66. The van der Waals surface area contributed by atoms with Crippen molar-refractivity contribution in [3.8, 4) is 0 Å². The van der Waals surface area contributed by atoms with E-state index in [1.165, 1.54) is 0 Å². The lowest BCUT2D eigenvalue weighted by atomic mass is 9.75. The van der Waals surface area contributed by atoms with E-state index in [4.69, 9.17) is 11.6 Å². The van der Waals surface area contributed by atoms with Crippen molar-refractivity contribution in [2.45, 2.75) is 26.2 Å². The Kier molecular flexibility index (Phi) is 2.83. The number of allylic oxidation sites excluding steroid dienone is 1. The Hall–Kier alpha value is -0.830. The number of carbonyl (C=O) groups is 2. The van der Waals surface area contributed by atoms with Crippen molar-refractivity contribution in [2.75, 3.05) is 6.61 Å². The molecule has 0 bridgehead atoms. The van der Waals surface area contributed by atoms with Gasteiger partial charge in [-0.2, -0.15) is 0 Å². The largest absolute Gasteiger partial charge is 0.460 e. The van der Waals surface area contributed by atoms with Gasteiger partial charge >= 0.3 is 5.97 Å². The van der Waals surface area contributed by atoms with E-state index in [1.807, 2.05) is 0 Å². The summed E-state index contributed by atoms with van der Waals surface area (Å²) in [5, 5.41) is 0.593. The summed E-state index contributed by atoms with van der Waals surface area (Å²) in [6.07, 6.45) is 3.11. The average molecular weight is 229 g/mol. The summed E-state index contributed by atoms with van der Waals surface area (Å²) in [7, 11) is 0. The van der Waals surface area contributed by atoms with Crippen molar-refractivity contribution in [3.63, 3.8) is 0 Å². The number of ketones is 1. The number of hydrogen-bond donors (Lipinski definition) is 0. The number of esters is 1. The number of carbonyl (C=O) groups excluding carboxylic acids is 2. The molecule has 0 saturated heterocycles. The maximum absolute atomic E-state index is 11.7. The van der Waals surface area contributed by atoms with Crippen LogP contribution in [0.3, 0.4) is 0 Å². The van der Waals surface area contributed by atoms with Crippen molar-refractivity contribution in [3.05, 3.63) is 10.6 Å². The van der Waals surface area contributed by atoms with Crippen LogP contribution in [0, 0.1) is 11.8 Å². The number of halogens is 1. The zero-order chi connectivity index (χ0) is 11.0. The topological polar surface area (TPSA) is 43.4 Å². The molecule has 0 aromatic rings. The molecule has 0 aromatic heterocycles. The van der Waals surface area contributed by atoms with Gasteiger partial charge in [0, 0.05) is 16.5 Å². The lowest BCUT2D eigenvalue weighted by Gasteiger charge is -2.32. The summed E-state index contributed by atoms with van der Waals surface area (Å²) in [5.41, 5.74) is 0.512. The Morgan fingerprint density at radius 2 is 2.07 bits per heavy atom. The fraction of sp³-hybridized carbons (Fsp3) is 0.636. The minimum atomic E-state index is -0.768. The van der Waals surface area contributed by atoms with Gasteiger partial charge in [0.05, 0.1) is 6.61 Å². The van der Waals surface area contributed by atoms with Gasteiger partial charge in [-0.05, 0) is 25.7 Å². The van der Waals surface area contributed by atoms with Gasteiger partial charge in [-0.1, -0.05) is 18.0 Å². The van der Waals surface area contributed by atoms with Crippen LogP contribution in [0.4, 0.5) is 0 Å². The summed E-state index contributed by atoms with van der Waals surface area (Å²) in [4.78, 5) is 22.9. The van der Waals surface area contributed by atoms with Crippen molar-refractivity contribution in [1.82, 2.24) is 0 Å². The standard InChI is InChI=1S/C11H13ClO3/c1-2-15-11(14)10(13)8-6-4-3-5-7(6)9(8)12/h6-7H,2-5H2,1H3/t6-,7+/m1/s1. The highest BCUT2D eigenvalue weighted by atomic mass is 35.5. The highest BCUT2D eigenvalue weighted by Gasteiger charge is 2.47. The maximum Gasteiger partial charge on any atom is 0.379 e. The monoisotopic (exact) mass is 228 g/mol. The fourth-order valence-electron chi connectivity index (χ4n) is 2.47. The third-order valence-electron chi connectivity index (χ3n) is 3.18. The average Bonchev–Trinajstić information content (AvgIpc) is 2.62. The third kappa shape index (κ3) is 1.59. The smallest absolute Gasteiger partial charge is 0.379 e. The Bertz CT molecular complexity index is 346. The molecule has 0 radical (unpaired) electrons. The predicted molar refractivity (Wildman–Crippen MR) is 55.4 cm³/mol. The van der Waals surface area contributed by atoms with Crippen LogP contribution < -0.4 is 0 Å². The van der Waals surface area contributed by atoms with Crippen molar-refractivity contribution >= 4 is 23.4 Å². The summed E-state index contributed by atoms with van der Waals surface area (Å²) in [6.45, 7) is 1.91. The second-order valence-electron chi connectivity index (χ2n) is 3.96. The van der Waals surface area contributed by atoms with Crippen LogP contribution in [0.1, 0.15) is 26.2 Å². The molecule has 0 aliphatic heterocycles. The minimum Gasteiger partial charge on any atom is -0.460 e. The zero-order valence-corrected chi connectivity index (χ0v) is 9.34. The Labute approximate surface area is 93.4 Å². The normalized spacial score (nSPS) is 28.4. The minimum absolute atomic E-state index is 0.217. The zero-order valence-electron chi connectivity index (χ0n) is 8.59. The van der Waals surface area contributed by atoms with Gasteiger partial charge in [-0.25, -0.2) is 4.79 Å². The highest BCUT2D eigenvalue weighted by Crippen LogP contribution is 2.53. The number of ether oxygens (including phenoxy) is 1. The van der Waals surface area contributed by atoms with Crippen molar-refractivity contribution in [2.24, 2.45) is 11.8 Å².